The Balaban J connectivity index is 2.74. The van der Waals surface area contributed by atoms with Gasteiger partial charge in [-0.3, -0.25) is 4.79 Å². The predicted octanol–water partition coefficient (Wildman–Crippen LogP) is 1.51. The maximum absolute atomic E-state index is 11.5. The highest BCUT2D eigenvalue weighted by Crippen LogP contribution is 2.12. The number of hydrogen-bond acceptors (Lipinski definition) is 5. The first-order valence-electron chi connectivity index (χ1n) is 5.54. The smallest absolute Gasteiger partial charge is 0.328 e. The molecule has 5 heteroatoms. The molecular weight excluding hydrogens is 234 g/mol. The van der Waals surface area contributed by atoms with Gasteiger partial charge in [0.25, 0.3) is 0 Å². The molecule has 0 saturated carbocycles. The van der Waals surface area contributed by atoms with E-state index >= 15 is 0 Å². The van der Waals surface area contributed by atoms with Crippen LogP contribution in [0, 0.1) is 6.92 Å². The number of methoxy groups -OCH3 is 2. The normalized spacial score (nSPS) is 11.5. The lowest BCUT2D eigenvalue weighted by atomic mass is 10.1. The van der Waals surface area contributed by atoms with Gasteiger partial charge in [0, 0.05) is 5.69 Å². The summed E-state index contributed by atoms with van der Waals surface area (Å²) in [6.45, 7) is 1.97. The first kappa shape index (κ1) is 14.0. The van der Waals surface area contributed by atoms with E-state index in [2.05, 4.69) is 14.8 Å². The number of aryl methyl sites for hydroxylation is 1. The number of ether oxygens (including phenoxy) is 2. The number of anilines is 1. The van der Waals surface area contributed by atoms with Crippen LogP contribution in [0.5, 0.6) is 0 Å². The van der Waals surface area contributed by atoms with Gasteiger partial charge in [-0.05, 0) is 19.1 Å². The highest BCUT2D eigenvalue weighted by molar-refractivity contribution is 5.85. The zero-order chi connectivity index (χ0) is 13.5. The lowest BCUT2D eigenvalue weighted by Crippen LogP contribution is -2.33. The zero-order valence-electron chi connectivity index (χ0n) is 10.7. The van der Waals surface area contributed by atoms with Crippen molar-refractivity contribution in [3.8, 4) is 0 Å². The molecule has 1 N–H and O–H groups in total. The van der Waals surface area contributed by atoms with Gasteiger partial charge in [0.2, 0.25) is 0 Å². The fraction of sp³-hybridized carbons (Fsp3) is 0.385. The topological polar surface area (TPSA) is 64.6 Å². The Morgan fingerprint density at radius 3 is 2.28 bits per heavy atom. The van der Waals surface area contributed by atoms with Crippen molar-refractivity contribution in [3.63, 3.8) is 0 Å². The van der Waals surface area contributed by atoms with Gasteiger partial charge in [0.05, 0.1) is 20.6 Å². The van der Waals surface area contributed by atoms with Crippen molar-refractivity contribution in [1.29, 1.82) is 0 Å². The van der Waals surface area contributed by atoms with Crippen LogP contribution in [0.25, 0.3) is 0 Å². The molecule has 0 fully saturated rings. The van der Waals surface area contributed by atoms with Crippen LogP contribution < -0.4 is 5.32 Å². The van der Waals surface area contributed by atoms with Crippen LogP contribution in [0.1, 0.15) is 12.0 Å². The molecule has 1 aromatic carbocycles. The van der Waals surface area contributed by atoms with Crippen LogP contribution in [0.15, 0.2) is 24.3 Å². The van der Waals surface area contributed by atoms with Gasteiger partial charge in [-0.15, -0.1) is 0 Å². The monoisotopic (exact) mass is 251 g/mol. The molecule has 1 aromatic rings. The third-order valence-corrected chi connectivity index (χ3v) is 2.48. The second-order valence-corrected chi connectivity index (χ2v) is 3.87. The summed E-state index contributed by atoms with van der Waals surface area (Å²) in [5, 5.41) is 2.95. The number of nitrogens with one attached hydrogen (secondary N) is 1. The number of hydrogen-bond donors (Lipinski definition) is 1. The molecule has 0 amide bonds. The van der Waals surface area contributed by atoms with Gasteiger partial charge in [-0.25, -0.2) is 4.79 Å². The van der Waals surface area contributed by atoms with Crippen LogP contribution in [-0.4, -0.2) is 32.2 Å². The lowest BCUT2D eigenvalue weighted by Gasteiger charge is -2.16. The third kappa shape index (κ3) is 4.08. The summed E-state index contributed by atoms with van der Waals surface area (Å²) in [5.74, 6) is -0.967. The van der Waals surface area contributed by atoms with Gasteiger partial charge in [0.15, 0.2) is 0 Å². The van der Waals surface area contributed by atoms with Crippen molar-refractivity contribution in [1.82, 2.24) is 0 Å². The Morgan fingerprint density at radius 2 is 1.78 bits per heavy atom. The van der Waals surface area contributed by atoms with Crippen LogP contribution in [-0.2, 0) is 19.1 Å². The molecule has 1 atom stereocenters. The average molecular weight is 251 g/mol. The Hall–Kier alpha value is -2.04. The third-order valence-electron chi connectivity index (χ3n) is 2.48. The van der Waals surface area contributed by atoms with Gasteiger partial charge in [-0.2, -0.15) is 0 Å². The molecule has 98 valence electrons. The summed E-state index contributed by atoms with van der Waals surface area (Å²) in [5.41, 5.74) is 1.86. The molecule has 0 bridgehead atoms. The Labute approximate surface area is 106 Å². The Bertz CT molecular complexity index is 414. The largest absolute Gasteiger partial charge is 0.469 e. The van der Waals surface area contributed by atoms with Crippen molar-refractivity contribution in [2.75, 3.05) is 19.5 Å². The minimum absolute atomic E-state index is 0.0724. The molecule has 0 radical (unpaired) electrons. The average Bonchev–Trinajstić information content (AvgIpc) is 2.39. The van der Waals surface area contributed by atoms with Crippen molar-refractivity contribution in [2.24, 2.45) is 0 Å². The second kappa shape index (κ2) is 6.64. The van der Waals surface area contributed by atoms with Crippen LogP contribution in [0.4, 0.5) is 5.69 Å². The molecule has 0 spiro atoms. The Morgan fingerprint density at radius 1 is 1.17 bits per heavy atom. The first-order valence-corrected chi connectivity index (χ1v) is 5.54. The summed E-state index contributed by atoms with van der Waals surface area (Å²) in [6, 6.07) is 6.75. The minimum Gasteiger partial charge on any atom is -0.469 e. The number of carbonyl (C=O) groups excluding carboxylic acids is 2. The van der Waals surface area contributed by atoms with E-state index < -0.39 is 18.0 Å². The van der Waals surface area contributed by atoms with Crippen LogP contribution in [0.2, 0.25) is 0 Å². The van der Waals surface area contributed by atoms with E-state index in [0.29, 0.717) is 0 Å². The van der Waals surface area contributed by atoms with E-state index in [9.17, 15) is 9.59 Å². The van der Waals surface area contributed by atoms with Crippen LogP contribution >= 0.6 is 0 Å². The minimum atomic E-state index is -0.745. The molecule has 1 rings (SSSR count). The van der Waals surface area contributed by atoms with Crippen molar-refractivity contribution in [2.45, 2.75) is 19.4 Å². The molecule has 0 unspecified atom stereocenters. The zero-order valence-corrected chi connectivity index (χ0v) is 10.7. The van der Waals surface area contributed by atoms with E-state index in [1.807, 2.05) is 31.2 Å². The van der Waals surface area contributed by atoms with Gasteiger partial charge in [-0.1, -0.05) is 17.7 Å². The molecule has 18 heavy (non-hydrogen) atoms. The maximum Gasteiger partial charge on any atom is 0.328 e. The summed E-state index contributed by atoms with van der Waals surface area (Å²) in [7, 11) is 2.56. The number of carbonyl (C=O) groups is 2. The highest BCUT2D eigenvalue weighted by Gasteiger charge is 2.22. The Kier molecular flexibility index (Phi) is 5.17. The maximum atomic E-state index is 11.5. The van der Waals surface area contributed by atoms with E-state index in [0.717, 1.165) is 11.3 Å². The van der Waals surface area contributed by atoms with E-state index in [-0.39, 0.29) is 6.42 Å². The first-order chi connectivity index (χ1) is 8.56. The molecule has 0 aromatic heterocycles. The van der Waals surface area contributed by atoms with E-state index in [4.69, 9.17) is 0 Å². The highest BCUT2D eigenvalue weighted by atomic mass is 16.5. The van der Waals surface area contributed by atoms with Crippen LogP contribution in [0.3, 0.4) is 0 Å². The van der Waals surface area contributed by atoms with E-state index in [1.165, 1.54) is 14.2 Å². The van der Waals surface area contributed by atoms with E-state index in [1.54, 1.807) is 0 Å². The quantitative estimate of drug-likeness (QED) is 0.804. The van der Waals surface area contributed by atoms with Gasteiger partial charge >= 0.3 is 11.9 Å². The number of benzene rings is 1. The SMILES string of the molecule is COC(=O)C[C@H](Nc1ccc(C)cc1)C(=O)OC. The second-order valence-electron chi connectivity index (χ2n) is 3.87. The molecule has 0 aliphatic heterocycles. The predicted molar refractivity (Wildman–Crippen MR) is 67.2 cm³/mol. The van der Waals surface area contributed by atoms with Gasteiger partial charge in [0.1, 0.15) is 6.04 Å². The number of esters is 2. The molecule has 0 saturated heterocycles. The summed E-state index contributed by atoms with van der Waals surface area (Å²) < 4.78 is 9.19. The number of rotatable bonds is 5. The van der Waals surface area contributed by atoms with Crippen molar-refractivity contribution < 1.29 is 19.1 Å². The molecular formula is C13H17NO4. The molecule has 0 aliphatic rings. The van der Waals surface area contributed by atoms with Crippen molar-refractivity contribution >= 4 is 17.6 Å². The summed E-state index contributed by atoms with van der Waals surface area (Å²) in [6.07, 6.45) is -0.0724. The molecule has 0 heterocycles. The van der Waals surface area contributed by atoms with Gasteiger partial charge < -0.3 is 14.8 Å². The molecule has 0 aliphatic carbocycles. The summed E-state index contributed by atoms with van der Waals surface area (Å²) >= 11 is 0. The standard InChI is InChI=1S/C13H17NO4/c1-9-4-6-10(7-5-9)14-11(13(16)18-3)8-12(15)17-2/h4-7,11,14H,8H2,1-3H3/t11-/m0/s1. The van der Waals surface area contributed by atoms with Crippen molar-refractivity contribution in [3.05, 3.63) is 29.8 Å². The lowest BCUT2D eigenvalue weighted by molar-refractivity contribution is -0.148. The fourth-order valence-electron chi connectivity index (χ4n) is 1.44. The summed E-state index contributed by atoms with van der Waals surface area (Å²) in [4.78, 5) is 22.8. The fourth-order valence-corrected chi connectivity index (χ4v) is 1.44. The molecule has 5 nitrogen and oxygen atoms in total.